The second-order valence-electron chi connectivity index (χ2n) is 4.35. The van der Waals surface area contributed by atoms with Gasteiger partial charge in [-0.15, -0.1) is 0 Å². The molecule has 0 saturated heterocycles. The van der Waals surface area contributed by atoms with Crippen molar-refractivity contribution in [3.05, 3.63) is 27.9 Å². The van der Waals surface area contributed by atoms with E-state index in [2.05, 4.69) is 25.8 Å². The summed E-state index contributed by atoms with van der Waals surface area (Å²) in [6.45, 7) is 6.21. The molecule has 0 radical (unpaired) electrons. The molecule has 0 fully saturated rings. The van der Waals surface area contributed by atoms with Crippen molar-refractivity contribution in [3.63, 3.8) is 0 Å². The van der Waals surface area contributed by atoms with E-state index < -0.39 is 0 Å². The maximum absolute atomic E-state index is 11.8. The molecule has 0 aliphatic carbocycles. The molecule has 1 aromatic rings. The number of nitrogens with zero attached hydrogens (tertiary/aromatic N) is 2. The van der Waals surface area contributed by atoms with Crippen LogP contribution in [0, 0.1) is 0 Å². The van der Waals surface area contributed by atoms with Crippen LogP contribution in [0.3, 0.4) is 0 Å². The van der Waals surface area contributed by atoms with Gasteiger partial charge in [-0.2, -0.15) is 0 Å². The Kier molecular flexibility index (Phi) is 2.17. The standard InChI is InChI=1S/C11H16N2O/c1-7(2)9-6-11(14)13-8(3)4-5-10(13)12-9/h6-8H,4-5H2,1-3H3/t8-/m1/s1. The Morgan fingerprint density at radius 3 is 2.93 bits per heavy atom. The molecule has 0 saturated carbocycles. The highest BCUT2D eigenvalue weighted by Gasteiger charge is 2.21. The molecule has 14 heavy (non-hydrogen) atoms. The van der Waals surface area contributed by atoms with Gasteiger partial charge in [-0.3, -0.25) is 9.36 Å². The molecule has 76 valence electrons. The molecule has 0 bridgehead atoms. The largest absolute Gasteiger partial charge is 0.294 e. The highest BCUT2D eigenvalue weighted by Crippen LogP contribution is 2.22. The van der Waals surface area contributed by atoms with Gasteiger partial charge in [-0.05, 0) is 19.3 Å². The number of fused-ring (bicyclic) bond motifs is 1. The van der Waals surface area contributed by atoms with Crippen LogP contribution >= 0.6 is 0 Å². The van der Waals surface area contributed by atoms with Gasteiger partial charge >= 0.3 is 0 Å². The first-order chi connectivity index (χ1) is 6.59. The van der Waals surface area contributed by atoms with Crippen molar-refractivity contribution < 1.29 is 0 Å². The van der Waals surface area contributed by atoms with Crippen LogP contribution in [0.4, 0.5) is 0 Å². The lowest BCUT2D eigenvalue weighted by Gasteiger charge is -2.10. The van der Waals surface area contributed by atoms with Crippen LogP contribution in [-0.4, -0.2) is 9.55 Å². The first kappa shape index (κ1) is 9.44. The summed E-state index contributed by atoms with van der Waals surface area (Å²) in [6.07, 6.45) is 1.99. The fourth-order valence-corrected chi connectivity index (χ4v) is 1.97. The summed E-state index contributed by atoms with van der Waals surface area (Å²) in [5.41, 5.74) is 1.04. The second-order valence-corrected chi connectivity index (χ2v) is 4.35. The number of aromatic nitrogens is 2. The summed E-state index contributed by atoms with van der Waals surface area (Å²) in [6, 6.07) is 2.00. The Morgan fingerprint density at radius 1 is 1.57 bits per heavy atom. The molecule has 2 rings (SSSR count). The molecular weight excluding hydrogens is 176 g/mol. The molecule has 0 amide bonds. The summed E-state index contributed by atoms with van der Waals surface area (Å²) in [7, 11) is 0. The molecule has 3 nitrogen and oxygen atoms in total. The molecule has 1 atom stereocenters. The lowest BCUT2D eigenvalue weighted by Crippen LogP contribution is -2.23. The first-order valence-corrected chi connectivity index (χ1v) is 5.22. The van der Waals surface area contributed by atoms with Crippen molar-refractivity contribution in [2.45, 2.75) is 45.6 Å². The molecule has 1 aromatic heterocycles. The average molecular weight is 192 g/mol. The Bertz CT molecular complexity index is 406. The molecule has 0 spiro atoms. The van der Waals surface area contributed by atoms with Gasteiger partial charge in [-0.1, -0.05) is 13.8 Å². The van der Waals surface area contributed by atoms with Crippen molar-refractivity contribution in [1.82, 2.24) is 9.55 Å². The molecule has 3 heteroatoms. The van der Waals surface area contributed by atoms with Crippen LogP contribution in [0.2, 0.25) is 0 Å². The van der Waals surface area contributed by atoms with Gasteiger partial charge in [0.05, 0.1) is 5.69 Å². The zero-order chi connectivity index (χ0) is 10.3. The third-order valence-corrected chi connectivity index (χ3v) is 2.86. The van der Waals surface area contributed by atoms with Gasteiger partial charge in [0.1, 0.15) is 5.82 Å². The van der Waals surface area contributed by atoms with Crippen LogP contribution in [0.25, 0.3) is 0 Å². The lowest BCUT2D eigenvalue weighted by molar-refractivity contribution is 0.556. The van der Waals surface area contributed by atoms with Crippen molar-refractivity contribution in [2.75, 3.05) is 0 Å². The minimum Gasteiger partial charge on any atom is -0.294 e. The van der Waals surface area contributed by atoms with Gasteiger partial charge in [-0.25, -0.2) is 4.98 Å². The van der Waals surface area contributed by atoms with Crippen molar-refractivity contribution in [2.24, 2.45) is 0 Å². The maximum atomic E-state index is 11.8. The molecule has 0 unspecified atom stereocenters. The minimum absolute atomic E-state index is 0.115. The van der Waals surface area contributed by atoms with Crippen LogP contribution in [0.5, 0.6) is 0 Å². The van der Waals surface area contributed by atoms with Crippen molar-refractivity contribution in [3.8, 4) is 0 Å². The van der Waals surface area contributed by atoms with Crippen LogP contribution in [-0.2, 0) is 6.42 Å². The number of hydrogen-bond donors (Lipinski definition) is 0. The molecule has 1 aliphatic rings. The molecular formula is C11H16N2O. The van der Waals surface area contributed by atoms with E-state index in [1.54, 1.807) is 6.07 Å². The fraction of sp³-hybridized carbons (Fsp3) is 0.636. The van der Waals surface area contributed by atoms with Gasteiger partial charge in [0.15, 0.2) is 0 Å². The monoisotopic (exact) mass is 192 g/mol. The third kappa shape index (κ3) is 1.37. The SMILES string of the molecule is CC(C)c1cc(=O)n2c(n1)CC[C@H]2C. The zero-order valence-electron chi connectivity index (χ0n) is 8.95. The maximum Gasteiger partial charge on any atom is 0.253 e. The van der Waals surface area contributed by atoms with E-state index in [1.807, 2.05) is 4.57 Å². The molecule has 2 heterocycles. The first-order valence-electron chi connectivity index (χ1n) is 5.22. The van der Waals surface area contributed by atoms with Crippen molar-refractivity contribution in [1.29, 1.82) is 0 Å². The van der Waals surface area contributed by atoms with Crippen LogP contribution in [0.1, 0.15) is 50.7 Å². The predicted octanol–water partition coefficient (Wildman–Crippen LogP) is 1.87. The summed E-state index contributed by atoms with van der Waals surface area (Å²) in [4.78, 5) is 16.3. The summed E-state index contributed by atoms with van der Waals surface area (Å²) in [5.74, 6) is 1.30. The average Bonchev–Trinajstić information content (AvgIpc) is 2.48. The Balaban J connectivity index is 2.57. The predicted molar refractivity (Wildman–Crippen MR) is 55.6 cm³/mol. The highest BCUT2D eigenvalue weighted by molar-refractivity contribution is 5.11. The van der Waals surface area contributed by atoms with E-state index in [-0.39, 0.29) is 5.56 Å². The summed E-state index contributed by atoms with van der Waals surface area (Å²) in [5, 5.41) is 0. The smallest absolute Gasteiger partial charge is 0.253 e. The normalized spacial score (nSPS) is 20.1. The number of aryl methyl sites for hydroxylation is 1. The Labute approximate surface area is 83.8 Å². The Hall–Kier alpha value is -1.12. The summed E-state index contributed by atoms with van der Waals surface area (Å²) < 4.78 is 1.83. The second kappa shape index (κ2) is 3.23. The summed E-state index contributed by atoms with van der Waals surface area (Å²) >= 11 is 0. The zero-order valence-corrected chi connectivity index (χ0v) is 8.95. The Morgan fingerprint density at radius 2 is 2.29 bits per heavy atom. The lowest BCUT2D eigenvalue weighted by atomic mass is 10.1. The van der Waals surface area contributed by atoms with Gasteiger partial charge < -0.3 is 0 Å². The molecule has 1 aliphatic heterocycles. The van der Waals surface area contributed by atoms with Gasteiger partial charge in [0, 0.05) is 18.5 Å². The van der Waals surface area contributed by atoms with Gasteiger partial charge in [0.25, 0.3) is 5.56 Å². The van der Waals surface area contributed by atoms with E-state index in [9.17, 15) is 4.79 Å². The van der Waals surface area contributed by atoms with E-state index >= 15 is 0 Å². The quantitative estimate of drug-likeness (QED) is 0.681. The van der Waals surface area contributed by atoms with E-state index in [0.717, 1.165) is 24.4 Å². The molecule has 0 aromatic carbocycles. The minimum atomic E-state index is 0.115. The fourth-order valence-electron chi connectivity index (χ4n) is 1.97. The molecule has 0 N–H and O–H groups in total. The van der Waals surface area contributed by atoms with Crippen LogP contribution in [0.15, 0.2) is 10.9 Å². The number of rotatable bonds is 1. The van der Waals surface area contributed by atoms with Crippen LogP contribution < -0.4 is 5.56 Å². The topological polar surface area (TPSA) is 34.9 Å². The third-order valence-electron chi connectivity index (χ3n) is 2.86. The van der Waals surface area contributed by atoms with E-state index in [1.165, 1.54) is 0 Å². The van der Waals surface area contributed by atoms with E-state index in [0.29, 0.717) is 12.0 Å². The van der Waals surface area contributed by atoms with Crippen molar-refractivity contribution >= 4 is 0 Å². The number of hydrogen-bond acceptors (Lipinski definition) is 2. The van der Waals surface area contributed by atoms with Gasteiger partial charge in [0.2, 0.25) is 0 Å². The highest BCUT2D eigenvalue weighted by atomic mass is 16.1. The van der Waals surface area contributed by atoms with E-state index in [4.69, 9.17) is 0 Å².